The number of amides is 2. The highest BCUT2D eigenvalue weighted by atomic mass is 16.5. The molecule has 0 unspecified atom stereocenters. The van der Waals surface area contributed by atoms with Crippen LogP contribution in [0.4, 0.5) is 0 Å². The molecule has 28 heavy (non-hydrogen) atoms. The smallest absolute Gasteiger partial charge is 0.253 e. The molecule has 2 amide bonds. The standard InChI is InChI=1S/C22H32N2O4/c1-27-19-9-8-17(15-20(19)28-2)22(26)24-12-10-18(11-13-24)23-21(25)14-16-6-4-3-5-7-16/h8-9,15-16,18H,3-7,10-14H2,1-2H3,(H,23,25). The second-order valence-electron chi connectivity index (χ2n) is 7.91. The van der Waals surface area contributed by atoms with Gasteiger partial charge in [-0.2, -0.15) is 0 Å². The summed E-state index contributed by atoms with van der Waals surface area (Å²) in [5.41, 5.74) is 0.595. The van der Waals surface area contributed by atoms with E-state index < -0.39 is 0 Å². The molecule has 154 valence electrons. The molecule has 0 atom stereocenters. The summed E-state index contributed by atoms with van der Waals surface area (Å²) in [6, 6.07) is 5.41. The van der Waals surface area contributed by atoms with Crippen LogP contribution in [0.2, 0.25) is 0 Å². The fourth-order valence-electron chi connectivity index (χ4n) is 4.32. The van der Waals surface area contributed by atoms with Gasteiger partial charge in [-0.3, -0.25) is 9.59 Å². The third-order valence-corrected chi connectivity index (χ3v) is 5.98. The van der Waals surface area contributed by atoms with Gasteiger partial charge in [0, 0.05) is 31.1 Å². The number of ether oxygens (including phenoxy) is 2. The molecule has 0 bridgehead atoms. The number of carbonyl (C=O) groups excluding carboxylic acids is 2. The lowest BCUT2D eigenvalue weighted by Gasteiger charge is -2.33. The number of piperidine rings is 1. The average Bonchev–Trinajstić information content (AvgIpc) is 2.74. The van der Waals surface area contributed by atoms with Crippen LogP contribution in [0, 0.1) is 5.92 Å². The van der Waals surface area contributed by atoms with Crippen molar-refractivity contribution >= 4 is 11.8 Å². The number of nitrogens with zero attached hydrogens (tertiary/aromatic N) is 1. The predicted molar refractivity (Wildman–Crippen MR) is 108 cm³/mol. The molecule has 0 radical (unpaired) electrons. The maximum absolute atomic E-state index is 12.8. The van der Waals surface area contributed by atoms with E-state index in [0.717, 1.165) is 12.8 Å². The molecule has 2 aliphatic rings. The highest BCUT2D eigenvalue weighted by Gasteiger charge is 2.26. The monoisotopic (exact) mass is 388 g/mol. The maximum atomic E-state index is 12.8. The summed E-state index contributed by atoms with van der Waals surface area (Å²) in [5.74, 6) is 1.89. The summed E-state index contributed by atoms with van der Waals surface area (Å²) in [5, 5.41) is 3.19. The lowest BCUT2D eigenvalue weighted by atomic mass is 9.86. The van der Waals surface area contributed by atoms with E-state index in [1.807, 2.05) is 4.90 Å². The maximum Gasteiger partial charge on any atom is 0.253 e. The van der Waals surface area contributed by atoms with Crippen molar-refractivity contribution in [3.63, 3.8) is 0 Å². The first-order valence-corrected chi connectivity index (χ1v) is 10.4. The molecule has 1 aromatic carbocycles. The zero-order valence-corrected chi connectivity index (χ0v) is 17.0. The third-order valence-electron chi connectivity index (χ3n) is 5.98. The minimum absolute atomic E-state index is 0.00654. The van der Waals surface area contributed by atoms with Crippen molar-refractivity contribution in [1.29, 1.82) is 0 Å². The van der Waals surface area contributed by atoms with E-state index in [0.29, 0.717) is 42.5 Å². The Kier molecular flexibility index (Phi) is 7.18. The van der Waals surface area contributed by atoms with Crippen LogP contribution in [-0.2, 0) is 4.79 Å². The van der Waals surface area contributed by atoms with Gasteiger partial charge in [-0.05, 0) is 49.8 Å². The van der Waals surface area contributed by atoms with Crippen molar-refractivity contribution in [2.75, 3.05) is 27.3 Å². The molecular weight excluding hydrogens is 356 g/mol. The number of nitrogens with one attached hydrogen (secondary N) is 1. The van der Waals surface area contributed by atoms with Gasteiger partial charge in [0.2, 0.25) is 5.91 Å². The molecule has 0 aromatic heterocycles. The summed E-state index contributed by atoms with van der Waals surface area (Å²) < 4.78 is 10.5. The largest absolute Gasteiger partial charge is 0.493 e. The molecule has 1 saturated heterocycles. The molecule has 2 fully saturated rings. The van der Waals surface area contributed by atoms with Crippen molar-refractivity contribution in [3.8, 4) is 11.5 Å². The van der Waals surface area contributed by atoms with Gasteiger partial charge < -0.3 is 19.7 Å². The second-order valence-corrected chi connectivity index (χ2v) is 7.91. The van der Waals surface area contributed by atoms with E-state index in [4.69, 9.17) is 9.47 Å². The first kappa shape index (κ1) is 20.5. The number of likely N-dealkylation sites (tertiary alicyclic amines) is 1. The number of hydrogen-bond acceptors (Lipinski definition) is 4. The van der Waals surface area contributed by atoms with E-state index >= 15 is 0 Å². The number of methoxy groups -OCH3 is 2. The van der Waals surface area contributed by atoms with Gasteiger partial charge in [0.25, 0.3) is 5.91 Å². The Morgan fingerprint density at radius 3 is 2.32 bits per heavy atom. The lowest BCUT2D eigenvalue weighted by molar-refractivity contribution is -0.123. The Morgan fingerprint density at radius 1 is 1.00 bits per heavy atom. The van der Waals surface area contributed by atoms with Crippen molar-refractivity contribution in [1.82, 2.24) is 10.2 Å². The molecule has 6 nitrogen and oxygen atoms in total. The molecule has 1 aliphatic heterocycles. The molecule has 1 N–H and O–H groups in total. The van der Waals surface area contributed by atoms with E-state index in [-0.39, 0.29) is 17.9 Å². The fraction of sp³-hybridized carbons (Fsp3) is 0.636. The van der Waals surface area contributed by atoms with E-state index in [1.165, 1.54) is 32.1 Å². The highest BCUT2D eigenvalue weighted by molar-refractivity contribution is 5.95. The SMILES string of the molecule is COc1ccc(C(=O)N2CCC(NC(=O)CC3CCCCC3)CC2)cc1OC. The van der Waals surface area contributed by atoms with Crippen molar-refractivity contribution in [2.45, 2.75) is 57.4 Å². The number of benzene rings is 1. The van der Waals surface area contributed by atoms with Crippen LogP contribution in [0.15, 0.2) is 18.2 Å². The van der Waals surface area contributed by atoms with Gasteiger partial charge >= 0.3 is 0 Å². The minimum Gasteiger partial charge on any atom is -0.493 e. The fourth-order valence-corrected chi connectivity index (χ4v) is 4.32. The summed E-state index contributed by atoms with van der Waals surface area (Å²) in [6.07, 6.45) is 8.46. The van der Waals surface area contributed by atoms with Crippen molar-refractivity contribution in [3.05, 3.63) is 23.8 Å². The average molecular weight is 389 g/mol. The van der Waals surface area contributed by atoms with E-state index in [2.05, 4.69) is 5.32 Å². The Labute approximate surface area is 167 Å². The van der Waals surface area contributed by atoms with Crippen LogP contribution in [0.3, 0.4) is 0 Å². The second kappa shape index (κ2) is 9.80. The summed E-state index contributed by atoms with van der Waals surface area (Å²) in [6.45, 7) is 1.31. The molecular formula is C22H32N2O4. The van der Waals surface area contributed by atoms with Crippen molar-refractivity contribution in [2.24, 2.45) is 5.92 Å². The molecule has 6 heteroatoms. The first-order valence-electron chi connectivity index (χ1n) is 10.4. The van der Waals surface area contributed by atoms with Gasteiger partial charge in [0.1, 0.15) is 0 Å². The van der Waals surface area contributed by atoms with Crippen LogP contribution >= 0.6 is 0 Å². The van der Waals surface area contributed by atoms with Gasteiger partial charge in [0.15, 0.2) is 11.5 Å². The van der Waals surface area contributed by atoms with E-state index in [9.17, 15) is 9.59 Å². The molecule has 3 rings (SSSR count). The Hall–Kier alpha value is -2.24. The summed E-state index contributed by atoms with van der Waals surface area (Å²) in [7, 11) is 3.14. The van der Waals surface area contributed by atoms with Crippen molar-refractivity contribution < 1.29 is 19.1 Å². The molecule has 0 spiro atoms. The quantitative estimate of drug-likeness (QED) is 0.811. The Balaban J connectivity index is 1.48. The van der Waals surface area contributed by atoms with Crippen LogP contribution in [0.1, 0.15) is 61.7 Å². The van der Waals surface area contributed by atoms with E-state index in [1.54, 1.807) is 32.4 Å². The molecule has 1 heterocycles. The zero-order chi connectivity index (χ0) is 19.9. The zero-order valence-electron chi connectivity index (χ0n) is 17.0. The Morgan fingerprint density at radius 2 is 1.68 bits per heavy atom. The van der Waals surface area contributed by atoms with Crippen LogP contribution in [0.25, 0.3) is 0 Å². The molecule has 1 aliphatic carbocycles. The lowest BCUT2D eigenvalue weighted by Crippen LogP contribution is -2.46. The normalized spacial score (nSPS) is 18.6. The molecule has 1 saturated carbocycles. The minimum atomic E-state index is -0.00654. The third kappa shape index (κ3) is 5.18. The van der Waals surface area contributed by atoms with Gasteiger partial charge in [-0.1, -0.05) is 19.3 Å². The summed E-state index contributed by atoms with van der Waals surface area (Å²) in [4.78, 5) is 27.0. The van der Waals surface area contributed by atoms with Crippen LogP contribution < -0.4 is 14.8 Å². The number of rotatable bonds is 6. The predicted octanol–water partition coefficient (Wildman–Crippen LogP) is 3.40. The highest BCUT2D eigenvalue weighted by Crippen LogP contribution is 2.29. The first-order chi connectivity index (χ1) is 13.6. The van der Waals surface area contributed by atoms with Crippen LogP contribution in [0.5, 0.6) is 11.5 Å². The van der Waals surface area contributed by atoms with Gasteiger partial charge in [-0.25, -0.2) is 0 Å². The Bertz CT molecular complexity index is 677. The molecule has 1 aromatic rings. The van der Waals surface area contributed by atoms with Gasteiger partial charge in [0.05, 0.1) is 14.2 Å². The summed E-state index contributed by atoms with van der Waals surface area (Å²) >= 11 is 0. The number of hydrogen-bond donors (Lipinski definition) is 1. The topological polar surface area (TPSA) is 67.9 Å². The van der Waals surface area contributed by atoms with Gasteiger partial charge in [-0.15, -0.1) is 0 Å². The number of carbonyl (C=O) groups is 2. The van der Waals surface area contributed by atoms with Crippen LogP contribution in [-0.4, -0.2) is 50.1 Å².